The largest absolute Gasteiger partial charge is 0.461 e. The number of benzene rings is 1. The lowest BCUT2D eigenvalue weighted by atomic mass is 10.1. The minimum absolute atomic E-state index is 0.1000. The number of aryl methyl sites for hydroxylation is 1. The zero-order chi connectivity index (χ0) is 13.5. The van der Waals surface area contributed by atoms with Gasteiger partial charge in [-0.05, 0) is 44.3 Å². The number of esters is 1. The third-order valence-electron chi connectivity index (χ3n) is 3.58. The number of hydrogen-bond acceptors (Lipinski definition) is 3. The highest BCUT2D eigenvalue weighted by Gasteiger charge is 2.21. The molecule has 1 aliphatic rings. The van der Waals surface area contributed by atoms with Crippen LogP contribution in [0.25, 0.3) is 0 Å². The number of nitrogens with zero attached hydrogens (tertiary/aromatic N) is 1. The Labute approximate surface area is 115 Å². The molecule has 1 aliphatic heterocycles. The van der Waals surface area contributed by atoms with E-state index >= 15 is 0 Å². The second kappa shape index (κ2) is 7.29. The lowest BCUT2D eigenvalue weighted by Gasteiger charge is -2.32. The smallest absolute Gasteiger partial charge is 0.302 e. The van der Waals surface area contributed by atoms with E-state index in [4.69, 9.17) is 4.74 Å². The standard InChI is InChI=1S/C16H23NO2/c1-14(18)19-16-10-6-12-17(13-16)11-5-9-15-7-3-2-4-8-15/h2-4,7-8,16H,5-6,9-13H2,1H3. The first kappa shape index (κ1) is 14.1. The number of carbonyl (C=O) groups excluding carboxylic acids is 1. The molecule has 0 saturated carbocycles. The molecule has 3 heteroatoms. The maximum Gasteiger partial charge on any atom is 0.302 e. The number of likely N-dealkylation sites (tertiary alicyclic amines) is 1. The van der Waals surface area contributed by atoms with Gasteiger partial charge in [-0.3, -0.25) is 9.69 Å². The summed E-state index contributed by atoms with van der Waals surface area (Å²) in [4.78, 5) is 13.4. The number of piperidine rings is 1. The molecular weight excluding hydrogens is 238 g/mol. The fourth-order valence-electron chi connectivity index (χ4n) is 2.70. The van der Waals surface area contributed by atoms with Crippen LogP contribution in [-0.4, -0.2) is 36.6 Å². The van der Waals surface area contributed by atoms with Gasteiger partial charge in [0, 0.05) is 13.5 Å². The normalized spacial score (nSPS) is 20.2. The Kier molecular flexibility index (Phi) is 5.40. The predicted molar refractivity (Wildman–Crippen MR) is 76.0 cm³/mol. The van der Waals surface area contributed by atoms with E-state index in [2.05, 4.69) is 35.2 Å². The molecule has 1 fully saturated rings. The Morgan fingerprint density at radius 3 is 2.89 bits per heavy atom. The van der Waals surface area contributed by atoms with Gasteiger partial charge in [0.2, 0.25) is 0 Å². The Morgan fingerprint density at radius 2 is 2.16 bits per heavy atom. The van der Waals surface area contributed by atoms with Crippen LogP contribution in [0.15, 0.2) is 30.3 Å². The lowest BCUT2D eigenvalue weighted by molar-refractivity contribution is -0.148. The van der Waals surface area contributed by atoms with Crippen LogP contribution in [0.3, 0.4) is 0 Å². The average molecular weight is 261 g/mol. The van der Waals surface area contributed by atoms with Crippen LogP contribution in [-0.2, 0) is 16.0 Å². The van der Waals surface area contributed by atoms with Crippen molar-refractivity contribution in [2.24, 2.45) is 0 Å². The van der Waals surface area contributed by atoms with Gasteiger partial charge in [0.05, 0.1) is 0 Å². The van der Waals surface area contributed by atoms with Crippen LogP contribution < -0.4 is 0 Å². The van der Waals surface area contributed by atoms with Crippen molar-refractivity contribution >= 4 is 5.97 Å². The minimum atomic E-state index is -0.156. The molecule has 1 unspecified atom stereocenters. The van der Waals surface area contributed by atoms with Crippen molar-refractivity contribution < 1.29 is 9.53 Å². The van der Waals surface area contributed by atoms with Crippen molar-refractivity contribution in [1.82, 2.24) is 4.90 Å². The Hall–Kier alpha value is -1.35. The molecule has 1 atom stereocenters. The van der Waals surface area contributed by atoms with E-state index < -0.39 is 0 Å². The number of rotatable bonds is 5. The first-order valence-corrected chi connectivity index (χ1v) is 7.17. The van der Waals surface area contributed by atoms with Crippen LogP contribution >= 0.6 is 0 Å². The molecule has 0 radical (unpaired) electrons. The third-order valence-corrected chi connectivity index (χ3v) is 3.58. The van der Waals surface area contributed by atoms with E-state index in [0.717, 1.165) is 45.3 Å². The highest BCUT2D eigenvalue weighted by molar-refractivity contribution is 5.66. The second-order valence-corrected chi connectivity index (χ2v) is 5.26. The minimum Gasteiger partial charge on any atom is -0.461 e. The van der Waals surface area contributed by atoms with Crippen LogP contribution in [0.1, 0.15) is 31.7 Å². The monoisotopic (exact) mass is 261 g/mol. The molecule has 1 aromatic rings. The van der Waals surface area contributed by atoms with Crippen LogP contribution in [0.4, 0.5) is 0 Å². The molecule has 0 aromatic heterocycles. The van der Waals surface area contributed by atoms with Crippen molar-refractivity contribution in [1.29, 1.82) is 0 Å². The summed E-state index contributed by atoms with van der Waals surface area (Å²) < 4.78 is 5.31. The molecule has 0 N–H and O–H groups in total. The fraction of sp³-hybridized carbons (Fsp3) is 0.562. The zero-order valence-corrected chi connectivity index (χ0v) is 11.7. The quantitative estimate of drug-likeness (QED) is 0.763. The van der Waals surface area contributed by atoms with E-state index in [1.54, 1.807) is 0 Å². The Balaban J connectivity index is 1.69. The maximum atomic E-state index is 11.0. The molecule has 0 aliphatic carbocycles. The highest BCUT2D eigenvalue weighted by atomic mass is 16.5. The zero-order valence-electron chi connectivity index (χ0n) is 11.7. The van der Waals surface area contributed by atoms with Crippen LogP contribution in [0.5, 0.6) is 0 Å². The predicted octanol–water partition coefficient (Wildman–Crippen LogP) is 2.65. The van der Waals surface area contributed by atoms with Gasteiger partial charge in [-0.15, -0.1) is 0 Å². The summed E-state index contributed by atoms with van der Waals surface area (Å²) >= 11 is 0. The highest BCUT2D eigenvalue weighted by Crippen LogP contribution is 2.14. The van der Waals surface area contributed by atoms with Gasteiger partial charge >= 0.3 is 5.97 Å². The van der Waals surface area contributed by atoms with Crippen LogP contribution in [0.2, 0.25) is 0 Å². The molecule has 0 spiro atoms. The summed E-state index contributed by atoms with van der Waals surface area (Å²) in [6.45, 7) is 4.61. The van der Waals surface area contributed by atoms with Gasteiger partial charge in [-0.1, -0.05) is 30.3 Å². The van der Waals surface area contributed by atoms with E-state index in [1.165, 1.54) is 12.5 Å². The molecule has 1 saturated heterocycles. The van der Waals surface area contributed by atoms with Gasteiger partial charge in [0.15, 0.2) is 0 Å². The fourth-order valence-corrected chi connectivity index (χ4v) is 2.70. The first-order chi connectivity index (χ1) is 9.24. The van der Waals surface area contributed by atoms with Crippen molar-refractivity contribution in [3.8, 4) is 0 Å². The van der Waals surface area contributed by atoms with Crippen molar-refractivity contribution in [2.75, 3.05) is 19.6 Å². The van der Waals surface area contributed by atoms with Gasteiger partial charge in [0.25, 0.3) is 0 Å². The Morgan fingerprint density at radius 1 is 1.37 bits per heavy atom. The maximum absolute atomic E-state index is 11.0. The number of hydrogen-bond donors (Lipinski definition) is 0. The summed E-state index contributed by atoms with van der Waals surface area (Å²) in [6, 6.07) is 10.6. The number of carbonyl (C=O) groups is 1. The number of ether oxygens (including phenoxy) is 1. The molecule has 0 bridgehead atoms. The van der Waals surface area contributed by atoms with Gasteiger partial charge in [0.1, 0.15) is 6.10 Å². The average Bonchev–Trinajstić information content (AvgIpc) is 2.40. The van der Waals surface area contributed by atoms with Gasteiger partial charge < -0.3 is 4.74 Å². The molecule has 0 amide bonds. The van der Waals surface area contributed by atoms with E-state index in [9.17, 15) is 4.79 Å². The topological polar surface area (TPSA) is 29.5 Å². The lowest BCUT2D eigenvalue weighted by Crippen LogP contribution is -2.40. The SMILES string of the molecule is CC(=O)OC1CCCN(CCCc2ccccc2)C1. The molecule has 104 valence electrons. The molecule has 3 nitrogen and oxygen atoms in total. The van der Waals surface area contributed by atoms with E-state index in [-0.39, 0.29) is 12.1 Å². The summed E-state index contributed by atoms with van der Waals surface area (Å²) in [5.74, 6) is -0.156. The van der Waals surface area contributed by atoms with Crippen LogP contribution in [0, 0.1) is 0 Å². The van der Waals surface area contributed by atoms with E-state index in [1.807, 2.05) is 0 Å². The third kappa shape index (κ3) is 5.03. The summed E-state index contributed by atoms with van der Waals surface area (Å²) in [7, 11) is 0. The Bertz CT molecular complexity index is 391. The summed E-state index contributed by atoms with van der Waals surface area (Å²) in [6.07, 6.45) is 4.52. The van der Waals surface area contributed by atoms with Crippen molar-refractivity contribution in [2.45, 2.75) is 38.7 Å². The molecule has 19 heavy (non-hydrogen) atoms. The van der Waals surface area contributed by atoms with Gasteiger partial charge in [-0.25, -0.2) is 0 Å². The van der Waals surface area contributed by atoms with Crippen molar-refractivity contribution in [3.63, 3.8) is 0 Å². The van der Waals surface area contributed by atoms with Crippen molar-refractivity contribution in [3.05, 3.63) is 35.9 Å². The van der Waals surface area contributed by atoms with E-state index in [0.29, 0.717) is 0 Å². The summed E-state index contributed by atoms with van der Waals surface area (Å²) in [5, 5.41) is 0. The first-order valence-electron chi connectivity index (χ1n) is 7.17. The summed E-state index contributed by atoms with van der Waals surface area (Å²) in [5.41, 5.74) is 1.40. The molecule has 1 aromatic carbocycles. The molecule has 1 heterocycles. The molecule has 2 rings (SSSR count). The molecular formula is C16H23NO2. The van der Waals surface area contributed by atoms with Gasteiger partial charge in [-0.2, -0.15) is 0 Å². The second-order valence-electron chi connectivity index (χ2n) is 5.26.